The molecule has 0 aliphatic carbocycles. The van der Waals surface area contributed by atoms with Gasteiger partial charge in [0.05, 0.1) is 22.0 Å². The molecule has 0 atom stereocenters. The Labute approximate surface area is 231 Å². The third-order valence-electron chi connectivity index (χ3n) is 5.31. The SMILES string of the molecule is CCCCC(=O)Oc1cc(-c2cc(C)nn2-c2ccc(S(N)(=O)=O)cc2)ccc1C(=O)OCCSS(C)(=O)=O. The number of hydrogen-bond acceptors (Lipinski definition) is 10. The largest absolute Gasteiger partial charge is 0.461 e. The van der Waals surface area contributed by atoms with E-state index in [1.807, 2.05) is 6.92 Å². The number of rotatable bonds is 12. The highest BCUT2D eigenvalue weighted by Crippen LogP contribution is 2.31. The third-order valence-corrected chi connectivity index (χ3v) is 8.79. The highest BCUT2D eigenvalue weighted by Gasteiger charge is 2.20. The van der Waals surface area contributed by atoms with Crippen LogP contribution in [0.2, 0.25) is 0 Å². The Kier molecular flexibility index (Phi) is 9.93. The molecule has 0 aliphatic rings. The molecule has 0 spiro atoms. The van der Waals surface area contributed by atoms with Crippen molar-refractivity contribution in [3.05, 3.63) is 59.8 Å². The van der Waals surface area contributed by atoms with Crippen LogP contribution >= 0.6 is 10.8 Å². The number of aromatic nitrogens is 2. The van der Waals surface area contributed by atoms with Crippen LogP contribution in [0.25, 0.3) is 16.9 Å². The lowest BCUT2D eigenvalue weighted by atomic mass is 10.1. The normalized spacial score (nSPS) is 11.8. The van der Waals surface area contributed by atoms with Crippen LogP contribution < -0.4 is 9.88 Å². The van der Waals surface area contributed by atoms with Crippen LogP contribution in [0.4, 0.5) is 0 Å². The predicted molar refractivity (Wildman–Crippen MR) is 148 cm³/mol. The zero-order valence-electron chi connectivity index (χ0n) is 21.6. The highest BCUT2D eigenvalue weighted by atomic mass is 33.1. The van der Waals surface area contributed by atoms with Crippen molar-refractivity contribution in [1.82, 2.24) is 9.78 Å². The van der Waals surface area contributed by atoms with Crippen molar-refractivity contribution < 1.29 is 35.9 Å². The van der Waals surface area contributed by atoms with Gasteiger partial charge < -0.3 is 9.47 Å². The van der Waals surface area contributed by atoms with Crippen LogP contribution in [-0.4, -0.2) is 57.2 Å². The van der Waals surface area contributed by atoms with Gasteiger partial charge in [0.25, 0.3) is 0 Å². The number of hydrogen-bond donors (Lipinski definition) is 1. The van der Waals surface area contributed by atoms with Gasteiger partial charge in [-0.15, -0.1) is 0 Å². The summed E-state index contributed by atoms with van der Waals surface area (Å²) in [6.07, 6.45) is 2.62. The Balaban J connectivity index is 1.96. The van der Waals surface area contributed by atoms with Crippen LogP contribution in [0.1, 0.15) is 42.2 Å². The second kappa shape index (κ2) is 12.8. The van der Waals surface area contributed by atoms with Crippen LogP contribution in [0, 0.1) is 6.92 Å². The lowest BCUT2D eigenvalue weighted by Crippen LogP contribution is -2.14. The molecule has 0 radical (unpaired) electrons. The van der Waals surface area contributed by atoms with Gasteiger partial charge in [-0.1, -0.05) is 19.4 Å². The van der Waals surface area contributed by atoms with Gasteiger partial charge >= 0.3 is 11.9 Å². The first-order valence-electron chi connectivity index (χ1n) is 11.8. The monoisotopic (exact) mass is 595 g/mol. The van der Waals surface area contributed by atoms with Gasteiger partial charge in [0, 0.05) is 24.0 Å². The van der Waals surface area contributed by atoms with Gasteiger partial charge in [-0.3, -0.25) is 4.79 Å². The summed E-state index contributed by atoms with van der Waals surface area (Å²) in [5.74, 6) is -1.24. The van der Waals surface area contributed by atoms with E-state index in [-0.39, 0.29) is 35.0 Å². The average molecular weight is 596 g/mol. The van der Waals surface area contributed by atoms with E-state index in [2.05, 4.69) is 5.10 Å². The van der Waals surface area contributed by atoms with E-state index in [9.17, 15) is 26.4 Å². The molecule has 0 bridgehead atoms. The predicted octanol–water partition coefficient (Wildman–Crippen LogP) is 3.44. The zero-order valence-corrected chi connectivity index (χ0v) is 24.1. The maximum Gasteiger partial charge on any atom is 0.341 e. The molecule has 0 amide bonds. The van der Waals surface area contributed by atoms with Crippen molar-refractivity contribution >= 4 is 41.6 Å². The first-order chi connectivity index (χ1) is 18.3. The molecule has 1 heterocycles. The maximum absolute atomic E-state index is 12.8. The van der Waals surface area contributed by atoms with E-state index < -0.39 is 30.8 Å². The fourth-order valence-corrected chi connectivity index (χ4v) is 5.59. The van der Waals surface area contributed by atoms with E-state index in [0.717, 1.165) is 12.7 Å². The quantitative estimate of drug-likeness (QED) is 0.142. The standard InChI is InChI=1S/C25H29N3O8S3/c1-4-5-6-24(29)36-23-16-18(7-12-21(23)25(30)35-13-14-37-38(3,31)32)22-15-17(2)27-28(22)19-8-10-20(11-9-19)39(26,33)34/h7-12,15-16H,4-6,13-14H2,1-3H3,(H2,26,33,34). The maximum atomic E-state index is 12.8. The van der Waals surface area contributed by atoms with Crippen molar-refractivity contribution in [3.63, 3.8) is 0 Å². The second-order valence-corrected chi connectivity index (χ2v) is 14.7. The number of carbonyl (C=O) groups is 2. The van der Waals surface area contributed by atoms with E-state index in [1.165, 1.54) is 24.3 Å². The van der Waals surface area contributed by atoms with Gasteiger partial charge in [-0.05, 0) is 66.6 Å². The Morgan fingerprint density at radius 1 is 1.05 bits per heavy atom. The van der Waals surface area contributed by atoms with Crippen molar-refractivity contribution in [1.29, 1.82) is 0 Å². The summed E-state index contributed by atoms with van der Waals surface area (Å²) in [6, 6.07) is 12.3. The molecule has 3 rings (SSSR count). The number of aryl methyl sites for hydroxylation is 1. The molecule has 0 aliphatic heterocycles. The first kappa shape index (κ1) is 30.3. The van der Waals surface area contributed by atoms with Crippen LogP contribution in [0.15, 0.2) is 53.4 Å². The molecule has 2 aromatic carbocycles. The van der Waals surface area contributed by atoms with Crippen molar-refractivity contribution in [2.24, 2.45) is 5.14 Å². The summed E-state index contributed by atoms with van der Waals surface area (Å²) >= 11 is 0. The van der Waals surface area contributed by atoms with Crippen LogP contribution in [0.5, 0.6) is 5.75 Å². The summed E-state index contributed by atoms with van der Waals surface area (Å²) in [5.41, 5.74) is 2.38. The summed E-state index contributed by atoms with van der Waals surface area (Å²) in [6.45, 7) is 3.57. The Hall–Kier alpha value is -3.20. The van der Waals surface area contributed by atoms with E-state index in [0.29, 0.717) is 39.9 Å². The number of carbonyl (C=O) groups excluding carboxylic acids is 2. The third kappa shape index (κ3) is 8.65. The molecule has 3 aromatic rings. The Morgan fingerprint density at radius 3 is 2.36 bits per heavy atom. The lowest BCUT2D eigenvalue weighted by molar-refractivity contribution is -0.134. The van der Waals surface area contributed by atoms with Gasteiger partial charge in [0.1, 0.15) is 17.9 Å². The molecule has 39 heavy (non-hydrogen) atoms. The molecule has 210 valence electrons. The average Bonchev–Trinajstić information content (AvgIpc) is 3.25. The van der Waals surface area contributed by atoms with Crippen molar-refractivity contribution in [2.45, 2.75) is 38.0 Å². The van der Waals surface area contributed by atoms with E-state index in [4.69, 9.17) is 14.6 Å². The topological polar surface area (TPSA) is 165 Å². The lowest BCUT2D eigenvalue weighted by Gasteiger charge is -2.13. The number of unbranched alkanes of at least 4 members (excludes halogenated alkanes) is 1. The Bertz CT molecular complexity index is 1560. The molecule has 2 N–H and O–H groups in total. The molecular formula is C25H29N3O8S3. The van der Waals surface area contributed by atoms with Gasteiger partial charge in [0.15, 0.2) is 8.87 Å². The molecule has 14 heteroatoms. The molecule has 0 saturated carbocycles. The number of nitrogens with zero attached hydrogens (tertiary/aromatic N) is 2. The van der Waals surface area contributed by atoms with Crippen molar-refractivity contribution in [2.75, 3.05) is 18.6 Å². The highest BCUT2D eigenvalue weighted by molar-refractivity contribution is 8.71. The minimum atomic E-state index is -3.86. The summed E-state index contributed by atoms with van der Waals surface area (Å²) in [7, 11) is -6.49. The minimum Gasteiger partial charge on any atom is -0.461 e. The number of primary sulfonamides is 1. The van der Waals surface area contributed by atoms with Gasteiger partial charge in [0.2, 0.25) is 10.0 Å². The fraction of sp³-hybridized carbons (Fsp3) is 0.320. The second-order valence-electron chi connectivity index (χ2n) is 8.57. The first-order valence-corrected chi connectivity index (χ1v) is 16.8. The fourth-order valence-electron chi connectivity index (χ4n) is 3.51. The number of ether oxygens (including phenoxy) is 2. The molecule has 1 aromatic heterocycles. The van der Waals surface area contributed by atoms with Crippen molar-refractivity contribution in [3.8, 4) is 22.7 Å². The van der Waals surface area contributed by atoms with E-state index >= 15 is 0 Å². The summed E-state index contributed by atoms with van der Waals surface area (Å²) in [4.78, 5) is 25.2. The van der Waals surface area contributed by atoms with Crippen LogP contribution in [-0.2, 0) is 28.4 Å². The zero-order chi connectivity index (χ0) is 28.8. The van der Waals surface area contributed by atoms with Gasteiger partial charge in [-0.25, -0.2) is 31.5 Å². The Morgan fingerprint density at radius 2 is 1.74 bits per heavy atom. The number of sulfonamides is 1. The van der Waals surface area contributed by atoms with Crippen LogP contribution in [0.3, 0.4) is 0 Å². The minimum absolute atomic E-state index is 0.00764. The number of nitrogens with two attached hydrogens (primary N) is 1. The molecule has 0 unspecified atom stereocenters. The summed E-state index contributed by atoms with van der Waals surface area (Å²) < 4.78 is 58.2. The smallest absolute Gasteiger partial charge is 0.341 e. The van der Waals surface area contributed by atoms with Gasteiger partial charge in [-0.2, -0.15) is 5.10 Å². The number of benzene rings is 2. The molecule has 0 fully saturated rings. The summed E-state index contributed by atoms with van der Waals surface area (Å²) in [5, 5.41) is 9.69. The number of esters is 2. The molecule has 0 saturated heterocycles. The van der Waals surface area contributed by atoms with E-state index in [1.54, 1.807) is 35.9 Å². The molecular weight excluding hydrogens is 566 g/mol. The molecule has 11 nitrogen and oxygen atoms in total.